The van der Waals surface area contributed by atoms with Gasteiger partial charge in [-0.15, -0.1) is 0 Å². The van der Waals surface area contributed by atoms with Crippen LogP contribution in [0.5, 0.6) is 0 Å². The number of benzene rings is 3. The van der Waals surface area contributed by atoms with Gasteiger partial charge in [0.15, 0.2) is 0 Å². The molecule has 0 radical (unpaired) electrons. The number of rotatable bonds is 7. The highest BCUT2D eigenvalue weighted by molar-refractivity contribution is 5.97. The van der Waals surface area contributed by atoms with E-state index in [1.54, 1.807) is 0 Å². The Morgan fingerprint density at radius 1 is 0.737 bits per heavy atom. The zero-order chi connectivity index (χ0) is 25.7. The van der Waals surface area contributed by atoms with E-state index in [2.05, 4.69) is 59.5 Å². The van der Waals surface area contributed by atoms with Crippen molar-refractivity contribution in [2.24, 2.45) is 0 Å². The SMILES string of the molecule is O=C(OCc1ccccc1)C1=C(N(Cc2ccccc2)c2c3c(nc4ccccc24)CCCC3)CCCC1. The van der Waals surface area contributed by atoms with Crippen LogP contribution < -0.4 is 4.90 Å². The Morgan fingerprint density at radius 2 is 1.39 bits per heavy atom. The molecule has 192 valence electrons. The summed E-state index contributed by atoms with van der Waals surface area (Å²) in [5.41, 5.74) is 9.01. The summed E-state index contributed by atoms with van der Waals surface area (Å²) in [5.74, 6) is -0.186. The lowest BCUT2D eigenvalue weighted by molar-refractivity contribution is -0.140. The van der Waals surface area contributed by atoms with Gasteiger partial charge >= 0.3 is 5.97 Å². The molecular formula is C34H34N2O2. The van der Waals surface area contributed by atoms with Crippen molar-refractivity contribution >= 4 is 22.6 Å². The minimum absolute atomic E-state index is 0.186. The van der Waals surface area contributed by atoms with E-state index in [1.165, 1.54) is 40.7 Å². The molecule has 38 heavy (non-hydrogen) atoms. The van der Waals surface area contributed by atoms with Crippen molar-refractivity contribution in [2.45, 2.75) is 64.5 Å². The molecule has 4 heteroatoms. The molecule has 4 nitrogen and oxygen atoms in total. The molecule has 0 unspecified atom stereocenters. The molecule has 6 rings (SSSR count). The van der Waals surface area contributed by atoms with Crippen LogP contribution in [0.2, 0.25) is 0 Å². The predicted octanol–water partition coefficient (Wildman–Crippen LogP) is 7.69. The first-order chi connectivity index (χ1) is 18.8. The Kier molecular flexibility index (Phi) is 7.21. The van der Waals surface area contributed by atoms with Crippen LogP contribution in [-0.2, 0) is 35.5 Å². The van der Waals surface area contributed by atoms with Crippen LogP contribution in [0.25, 0.3) is 10.9 Å². The third kappa shape index (κ3) is 5.08. The Labute approximate surface area is 225 Å². The van der Waals surface area contributed by atoms with Crippen LogP contribution in [0.4, 0.5) is 5.69 Å². The molecule has 0 N–H and O–H groups in total. The van der Waals surface area contributed by atoms with Gasteiger partial charge in [-0.25, -0.2) is 4.79 Å². The number of para-hydroxylation sites is 1. The molecule has 4 aromatic rings. The van der Waals surface area contributed by atoms with Crippen molar-refractivity contribution in [1.29, 1.82) is 0 Å². The Morgan fingerprint density at radius 3 is 2.21 bits per heavy atom. The molecule has 1 heterocycles. The summed E-state index contributed by atoms with van der Waals surface area (Å²) >= 11 is 0. The van der Waals surface area contributed by atoms with Crippen molar-refractivity contribution in [2.75, 3.05) is 4.90 Å². The number of pyridine rings is 1. The molecule has 0 spiro atoms. The van der Waals surface area contributed by atoms with Gasteiger partial charge in [-0.05, 0) is 74.1 Å². The number of carbonyl (C=O) groups excluding carboxylic acids is 1. The van der Waals surface area contributed by atoms with Crippen molar-refractivity contribution in [3.05, 3.63) is 119 Å². The fourth-order valence-corrected chi connectivity index (χ4v) is 5.95. The number of anilines is 1. The van der Waals surface area contributed by atoms with Gasteiger partial charge in [-0.2, -0.15) is 0 Å². The summed E-state index contributed by atoms with van der Waals surface area (Å²) in [6, 6.07) is 29.0. The molecule has 2 aliphatic rings. The number of hydrogen-bond acceptors (Lipinski definition) is 4. The van der Waals surface area contributed by atoms with E-state index >= 15 is 0 Å². The molecule has 1 aromatic heterocycles. The van der Waals surface area contributed by atoms with Gasteiger partial charge in [0.1, 0.15) is 6.61 Å². The Balaban J connectivity index is 1.48. The van der Waals surface area contributed by atoms with Gasteiger partial charge in [-0.1, -0.05) is 78.9 Å². The second-order valence-corrected chi connectivity index (χ2v) is 10.4. The first kappa shape index (κ1) is 24.4. The van der Waals surface area contributed by atoms with E-state index in [0.717, 1.165) is 60.9 Å². The van der Waals surface area contributed by atoms with Crippen LogP contribution in [0.3, 0.4) is 0 Å². The zero-order valence-corrected chi connectivity index (χ0v) is 21.9. The van der Waals surface area contributed by atoms with E-state index in [1.807, 2.05) is 30.3 Å². The summed E-state index contributed by atoms with van der Waals surface area (Å²) in [6.07, 6.45) is 8.08. The van der Waals surface area contributed by atoms with Crippen molar-refractivity contribution in [1.82, 2.24) is 4.98 Å². The lowest BCUT2D eigenvalue weighted by atomic mass is 9.90. The summed E-state index contributed by atoms with van der Waals surface area (Å²) in [7, 11) is 0. The number of esters is 1. The monoisotopic (exact) mass is 502 g/mol. The average molecular weight is 503 g/mol. The summed E-state index contributed by atoms with van der Waals surface area (Å²) < 4.78 is 5.90. The maximum Gasteiger partial charge on any atom is 0.336 e. The molecule has 0 bridgehead atoms. The highest BCUT2D eigenvalue weighted by Gasteiger charge is 2.29. The number of carbonyl (C=O) groups is 1. The standard InChI is InChI=1S/C34H34N2O2/c37-34(38-24-26-15-5-2-6-16-26)29-19-9-12-22-32(29)36(23-25-13-3-1-4-14-25)33-27-17-7-10-20-30(27)35-31-21-11-8-18-28(31)33/h1-7,10,13-17,20H,8-9,11-12,18-19,21-24H2. The molecule has 0 amide bonds. The molecule has 0 saturated carbocycles. The molecule has 0 fully saturated rings. The second-order valence-electron chi connectivity index (χ2n) is 10.4. The fraction of sp³-hybridized carbons (Fsp3) is 0.294. The van der Waals surface area contributed by atoms with Crippen molar-refractivity contribution in [3.63, 3.8) is 0 Å². The number of ether oxygens (including phenoxy) is 1. The van der Waals surface area contributed by atoms with E-state index in [9.17, 15) is 4.79 Å². The van der Waals surface area contributed by atoms with Gasteiger partial charge in [0.2, 0.25) is 0 Å². The van der Waals surface area contributed by atoms with Gasteiger partial charge in [0.05, 0.1) is 16.8 Å². The van der Waals surface area contributed by atoms with E-state index in [4.69, 9.17) is 9.72 Å². The van der Waals surface area contributed by atoms with Crippen LogP contribution in [0, 0.1) is 0 Å². The molecule has 0 saturated heterocycles. The van der Waals surface area contributed by atoms with Crippen LogP contribution in [0.15, 0.2) is 96.2 Å². The fourth-order valence-electron chi connectivity index (χ4n) is 5.95. The van der Waals surface area contributed by atoms with Crippen LogP contribution in [0.1, 0.15) is 60.9 Å². The lowest BCUT2D eigenvalue weighted by Gasteiger charge is -2.35. The third-order valence-electron chi connectivity index (χ3n) is 7.82. The first-order valence-corrected chi connectivity index (χ1v) is 13.9. The normalized spacial score (nSPS) is 15.3. The smallest absolute Gasteiger partial charge is 0.336 e. The Hall–Kier alpha value is -3.92. The van der Waals surface area contributed by atoms with E-state index in [0.29, 0.717) is 13.2 Å². The third-order valence-corrected chi connectivity index (χ3v) is 7.82. The van der Waals surface area contributed by atoms with Crippen LogP contribution >= 0.6 is 0 Å². The molecular weight excluding hydrogens is 468 g/mol. The maximum absolute atomic E-state index is 13.6. The predicted molar refractivity (Wildman–Crippen MR) is 153 cm³/mol. The minimum Gasteiger partial charge on any atom is -0.457 e. The number of allylic oxidation sites excluding steroid dienone is 1. The summed E-state index contributed by atoms with van der Waals surface area (Å²) in [6.45, 7) is 1.01. The molecule has 0 atom stereocenters. The molecule has 2 aliphatic carbocycles. The van der Waals surface area contributed by atoms with Crippen LogP contribution in [-0.4, -0.2) is 11.0 Å². The number of nitrogens with zero attached hydrogens (tertiary/aromatic N) is 2. The number of aryl methyl sites for hydroxylation is 1. The van der Waals surface area contributed by atoms with E-state index in [-0.39, 0.29) is 5.97 Å². The summed E-state index contributed by atoms with van der Waals surface area (Å²) in [5, 5.41) is 1.17. The number of hydrogen-bond donors (Lipinski definition) is 0. The Bertz CT molecular complexity index is 1460. The van der Waals surface area contributed by atoms with E-state index < -0.39 is 0 Å². The zero-order valence-electron chi connectivity index (χ0n) is 21.9. The van der Waals surface area contributed by atoms with Gasteiger partial charge in [0, 0.05) is 23.3 Å². The van der Waals surface area contributed by atoms with Gasteiger partial charge in [-0.3, -0.25) is 4.98 Å². The van der Waals surface area contributed by atoms with Crippen molar-refractivity contribution in [3.8, 4) is 0 Å². The number of fused-ring (bicyclic) bond motifs is 2. The maximum atomic E-state index is 13.6. The molecule has 0 aliphatic heterocycles. The first-order valence-electron chi connectivity index (χ1n) is 13.9. The highest BCUT2D eigenvalue weighted by Crippen LogP contribution is 2.41. The van der Waals surface area contributed by atoms with Crippen molar-refractivity contribution < 1.29 is 9.53 Å². The highest BCUT2D eigenvalue weighted by atomic mass is 16.5. The largest absolute Gasteiger partial charge is 0.457 e. The number of aromatic nitrogens is 1. The molecule has 3 aromatic carbocycles. The lowest BCUT2D eigenvalue weighted by Crippen LogP contribution is -2.29. The van der Waals surface area contributed by atoms with Gasteiger partial charge in [0.25, 0.3) is 0 Å². The minimum atomic E-state index is -0.186. The quantitative estimate of drug-likeness (QED) is 0.243. The summed E-state index contributed by atoms with van der Waals surface area (Å²) in [4.78, 5) is 21.1. The van der Waals surface area contributed by atoms with Gasteiger partial charge < -0.3 is 9.64 Å². The topological polar surface area (TPSA) is 42.4 Å². The second kappa shape index (κ2) is 11.2. The average Bonchev–Trinajstić information content (AvgIpc) is 2.99.